The molecule has 1 aliphatic carbocycles. The molecule has 5 aromatic carbocycles. The Balaban J connectivity index is 1.11. The van der Waals surface area contributed by atoms with Crippen LogP contribution in [0.2, 0.25) is 6.04 Å². The molecule has 1 N–H and O–H groups in total. The summed E-state index contributed by atoms with van der Waals surface area (Å²) in [5.74, 6) is -0.0862. The largest absolute Gasteiger partial charge is 0.500 e. The van der Waals surface area contributed by atoms with Crippen LogP contribution in [0.1, 0.15) is 95.6 Å². The highest BCUT2D eigenvalue weighted by molar-refractivity contribution is 7.79. The van der Waals surface area contributed by atoms with Gasteiger partial charge in [0, 0.05) is 109 Å². The summed E-state index contributed by atoms with van der Waals surface area (Å²) in [5.41, 5.74) is 10.8. The van der Waals surface area contributed by atoms with Crippen LogP contribution < -0.4 is 15.1 Å². The molecule has 0 atom stereocenters. The number of amides is 1. The van der Waals surface area contributed by atoms with Crippen molar-refractivity contribution in [2.45, 2.75) is 95.9 Å². The summed E-state index contributed by atoms with van der Waals surface area (Å²) < 4.78 is 18.0. The first-order valence-electron chi connectivity index (χ1n) is 23.5. The van der Waals surface area contributed by atoms with Crippen molar-refractivity contribution in [2.24, 2.45) is 0 Å². The highest BCUT2D eigenvalue weighted by Gasteiger charge is 2.42. The van der Waals surface area contributed by atoms with Gasteiger partial charge in [-0.25, -0.2) is 0 Å². The summed E-state index contributed by atoms with van der Waals surface area (Å²) in [7, 11) is 1.65. The van der Waals surface area contributed by atoms with Crippen molar-refractivity contribution in [1.29, 1.82) is 0 Å². The molecule has 2 aliphatic heterocycles. The molecule has 1 amide bonds. The fourth-order valence-corrected chi connectivity index (χ4v) is 14.2. The SMILES string of the molecule is CCO[Si](CCCNC(=O)c1ccc([S+]=C2/C(=C/C=C3\N(C)c4ccc5ccccc5c4C3(C)C)CCC/C2=C\C=C2\N(C)c3ccc4ccccc4c3C2(C)C)cc1)(OCC)OCC. The topological polar surface area (TPSA) is 63.3 Å². The summed E-state index contributed by atoms with van der Waals surface area (Å²) in [6, 6.07) is 35.3. The number of allylic oxidation sites excluding steroid dienone is 8. The zero-order chi connectivity index (χ0) is 45.9. The zero-order valence-corrected chi connectivity index (χ0v) is 41.7. The number of likely N-dealkylation sites (N-methyl/N-ethyl adjacent to an activating group) is 2. The van der Waals surface area contributed by atoms with Gasteiger partial charge in [-0.05, 0) is 116 Å². The maximum atomic E-state index is 13.4. The summed E-state index contributed by atoms with van der Waals surface area (Å²) in [6.45, 7) is 17.5. The molecule has 0 spiro atoms. The van der Waals surface area contributed by atoms with Crippen LogP contribution in [0.15, 0.2) is 149 Å². The first kappa shape index (κ1) is 46.4. The summed E-state index contributed by atoms with van der Waals surface area (Å²) in [4.78, 5) is 20.6. The van der Waals surface area contributed by atoms with E-state index in [-0.39, 0.29) is 16.7 Å². The van der Waals surface area contributed by atoms with Crippen LogP contribution in [0.5, 0.6) is 0 Å². The number of nitrogens with one attached hydrogen (secondary N) is 1. The summed E-state index contributed by atoms with van der Waals surface area (Å²) in [6.07, 6.45) is 13.3. The van der Waals surface area contributed by atoms with E-state index in [1.165, 1.54) is 71.5 Å². The molecule has 338 valence electrons. The maximum Gasteiger partial charge on any atom is 0.500 e. The number of hydrogen-bond acceptors (Lipinski definition) is 6. The molecule has 3 aliphatic rings. The quantitative estimate of drug-likeness (QED) is 0.0394. The minimum Gasteiger partial charge on any atom is -0.374 e. The van der Waals surface area contributed by atoms with E-state index in [1.54, 1.807) is 0 Å². The van der Waals surface area contributed by atoms with Crippen molar-refractivity contribution < 1.29 is 18.1 Å². The smallest absolute Gasteiger partial charge is 0.374 e. The number of carbonyl (C=O) groups is 1. The van der Waals surface area contributed by atoms with Gasteiger partial charge < -0.3 is 28.4 Å². The number of benzene rings is 5. The Morgan fingerprint density at radius 1 is 0.662 bits per heavy atom. The minimum atomic E-state index is -2.76. The molecule has 8 rings (SSSR count). The van der Waals surface area contributed by atoms with E-state index in [1.807, 2.05) is 44.3 Å². The summed E-state index contributed by atoms with van der Waals surface area (Å²) in [5, 5.41) is 8.30. The Kier molecular flexibility index (Phi) is 13.8. The molecule has 0 radical (unpaired) electrons. The van der Waals surface area contributed by atoms with Gasteiger partial charge in [-0.15, -0.1) is 0 Å². The number of anilines is 2. The van der Waals surface area contributed by atoms with E-state index < -0.39 is 8.80 Å². The number of nitrogens with zero attached hydrogens (tertiary/aromatic N) is 2. The van der Waals surface area contributed by atoms with Crippen molar-refractivity contribution in [1.82, 2.24) is 5.32 Å². The molecule has 2 heterocycles. The fourth-order valence-electron chi connectivity index (χ4n) is 10.5. The lowest BCUT2D eigenvalue weighted by atomic mass is 9.80. The Morgan fingerprint density at radius 2 is 1.14 bits per heavy atom. The Bertz CT molecular complexity index is 2590. The zero-order valence-electron chi connectivity index (χ0n) is 39.8. The monoisotopic (exact) mass is 904 g/mol. The number of carbonyl (C=O) groups excluding carboxylic acids is 1. The molecule has 0 aromatic heterocycles. The third kappa shape index (κ3) is 9.06. The fraction of sp³-hybridized carbons (Fsp3) is 0.357. The second-order valence-electron chi connectivity index (χ2n) is 18.4. The first-order valence-corrected chi connectivity index (χ1v) is 26.3. The molecule has 0 saturated heterocycles. The first-order chi connectivity index (χ1) is 31.3. The van der Waals surface area contributed by atoms with Crippen LogP contribution in [0.25, 0.3) is 21.5 Å². The Hall–Kier alpha value is -5.16. The van der Waals surface area contributed by atoms with Crippen LogP contribution in [0, 0.1) is 0 Å². The Morgan fingerprint density at radius 3 is 1.62 bits per heavy atom. The van der Waals surface area contributed by atoms with Gasteiger partial charge in [-0.3, -0.25) is 4.79 Å². The van der Waals surface area contributed by atoms with Gasteiger partial charge in [0.15, 0.2) is 0 Å². The van der Waals surface area contributed by atoms with Crippen LogP contribution in [-0.2, 0) is 35.5 Å². The lowest BCUT2D eigenvalue weighted by Crippen LogP contribution is -2.46. The second kappa shape index (κ2) is 19.4. The average molecular weight is 905 g/mol. The van der Waals surface area contributed by atoms with E-state index in [0.717, 1.165) is 24.2 Å². The molecule has 0 unspecified atom stereocenters. The third-order valence-electron chi connectivity index (χ3n) is 13.5. The second-order valence-corrected chi connectivity index (χ2v) is 22.2. The van der Waals surface area contributed by atoms with Gasteiger partial charge in [0.25, 0.3) is 5.91 Å². The van der Waals surface area contributed by atoms with E-state index in [2.05, 4.69) is 166 Å². The van der Waals surface area contributed by atoms with Crippen LogP contribution >= 0.6 is 0 Å². The van der Waals surface area contributed by atoms with Crippen LogP contribution in [0.3, 0.4) is 0 Å². The highest BCUT2D eigenvalue weighted by atomic mass is 32.1. The number of fused-ring (bicyclic) bond motifs is 6. The predicted molar refractivity (Wildman–Crippen MR) is 276 cm³/mol. The highest BCUT2D eigenvalue weighted by Crippen LogP contribution is 2.51. The van der Waals surface area contributed by atoms with E-state index in [0.29, 0.717) is 44.4 Å². The van der Waals surface area contributed by atoms with Gasteiger partial charge in [0.2, 0.25) is 21.1 Å². The third-order valence-corrected chi connectivity index (χ3v) is 17.9. The van der Waals surface area contributed by atoms with Crippen molar-refractivity contribution in [3.63, 3.8) is 0 Å². The van der Waals surface area contributed by atoms with Gasteiger partial charge in [0.05, 0.1) is 0 Å². The van der Waals surface area contributed by atoms with E-state index >= 15 is 0 Å². The molecule has 1 fully saturated rings. The maximum absolute atomic E-state index is 13.4. The standard InChI is InChI=1S/C56H65N3O4SSi/c1-10-61-65(62-11-2,63-12-3)38-18-37-57-54(60)43-25-31-44(32-26-43)64-53-41(29-35-49-55(4,5)51-45-23-15-13-19-39(45)27-33-47(51)58(49)8)21-17-22-42(53)30-36-50-56(6,7)52-46-24-16-14-20-40(46)28-34-48(52)59(50)9/h13-16,19-20,23-36H,10-12,17-18,21-22,37-38H2,1-9H3/p+1/b41-29+,42-30+,49-35-,50-36+. The lowest BCUT2D eigenvalue weighted by molar-refractivity contribution is 0.0704. The van der Waals surface area contributed by atoms with Crippen molar-refractivity contribution in [3.8, 4) is 0 Å². The van der Waals surface area contributed by atoms with Gasteiger partial charge in [0.1, 0.15) is 0 Å². The average Bonchev–Trinajstić information content (AvgIpc) is 3.63. The predicted octanol–water partition coefficient (Wildman–Crippen LogP) is 12.4. The van der Waals surface area contributed by atoms with E-state index in [4.69, 9.17) is 13.3 Å². The van der Waals surface area contributed by atoms with Gasteiger partial charge in [-0.2, -0.15) is 0 Å². The van der Waals surface area contributed by atoms with E-state index in [9.17, 15) is 4.79 Å². The van der Waals surface area contributed by atoms with Crippen molar-refractivity contribution in [3.05, 3.63) is 161 Å². The van der Waals surface area contributed by atoms with Gasteiger partial charge >= 0.3 is 8.80 Å². The number of rotatable bonds is 14. The normalized spacial score (nSPS) is 19.9. The summed E-state index contributed by atoms with van der Waals surface area (Å²) >= 11 is 1.81. The molecular weight excluding hydrogens is 839 g/mol. The molecule has 65 heavy (non-hydrogen) atoms. The Labute approximate surface area is 392 Å². The van der Waals surface area contributed by atoms with Crippen LogP contribution in [0.4, 0.5) is 11.4 Å². The number of hydrogen-bond donors (Lipinski definition) is 1. The molecule has 9 heteroatoms. The van der Waals surface area contributed by atoms with Crippen molar-refractivity contribution in [2.75, 3.05) is 50.3 Å². The molecular formula is C56H66N3O4SSi+. The molecule has 5 aromatic rings. The molecule has 7 nitrogen and oxygen atoms in total. The lowest BCUT2D eigenvalue weighted by Gasteiger charge is -2.28. The van der Waals surface area contributed by atoms with Crippen molar-refractivity contribution >= 4 is 63.8 Å². The van der Waals surface area contributed by atoms with Crippen LogP contribution in [-0.4, -0.2) is 60.0 Å². The van der Waals surface area contributed by atoms with Gasteiger partial charge in [-0.1, -0.05) is 101 Å². The molecule has 0 bridgehead atoms. The molecule has 1 saturated carbocycles. The minimum absolute atomic E-state index is 0.0862.